The van der Waals surface area contributed by atoms with Crippen molar-refractivity contribution < 1.29 is 4.79 Å². The highest BCUT2D eigenvalue weighted by Crippen LogP contribution is 2.36. The Morgan fingerprint density at radius 3 is 2.25 bits per heavy atom. The first-order chi connectivity index (χ1) is 11.7. The molecule has 0 bridgehead atoms. The molecule has 0 aromatic heterocycles. The van der Waals surface area contributed by atoms with Gasteiger partial charge in [-0.15, -0.1) is 0 Å². The van der Waals surface area contributed by atoms with Crippen LogP contribution in [0.2, 0.25) is 0 Å². The highest BCUT2D eigenvalue weighted by molar-refractivity contribution is 6.12. The lowest BCUT2D eigenvalue weighted by atomic mass is 10.0. The van der Waals surface area contributed by atoms with Crippen LogP contribution in [0.5, 0.6) is 0 Å². The van der Waals surface area contributed by atoms with Gasteiger partial charge in [-0.3, -0.25) is 9.69 Å². The van der Waals surface area contributed by atoms with Gasteiger partial charge >= 0.3 is 0 Å². The molecule has 0 saturated heterocycles. The van der Waals surface area contributed by atoms with Crippen LogP contribution in [-0.2, 0) is 0 Å². The highest BCUT2D eigenvalue weighted by Gasteiger charge is 2.33. The van der Waals surface area contributed by atoms with Crippen LogP contribution in [0.15, 0.2) is 78.9 Å². The van der Waals surface area contributed by atoms with Crippen molar-refractivity contribution in [3.05, 3.63) is 95.6 Å². The first-order valence-corrected chi connectivity index (χ1v) is 8.05. The van der Waals surface area contributed by atoms with E-state index < -0.39 is 0 Å². The lowest BCUT2D eigenvalue weighted by Gasteiger charge is -2.38. The second-order valence-corrected chi connectivity index (χ2v) is 6.01. The summed E-state index contributed by atoms with van der Waals surface area (Å²) in [5.41, 5.74) is 4.72. The lowest BCUT2D eigenvalue weighted by Crippen LogP contribution is -2.43. The minimum atomic E-state index is -0.226. The number of carbonyl (C=O) groups excluding carboxylic acids is 1. The highest BCUT2D eigenvalue weighted by atomic mass is 16.2. The Labute approximate surface area is 141 Å². The molecule has 1 aliphatic rings. The largest absolute Gasteiger partial charge is 0.360 e. The maximum atomic E-state index is 13.2. The second kappa shape index (κ2) is 5.85. The van der Waals surface area contributed by atoms with Gasteiger partial charge in [0.2, 0.25) is 0 Å². The van der Waals surface area contributed by atoms with Gasteiger partial charge < -0.3 is 5.32 Å². The summed E-state index contributed by atoms with van der Waals surface area (Å²) in [6, 6.07) is 25.8. The van der Waals surface area contributed by atoms with Crippen molar-refractivity contribution in [1.82, 2.24) is 0 Å². The summed E-state index contributed by atoms with van der Waals surface area (Å²) in [4.78, 5) is 15.0. The summed E-state index contributed by atoms with van der Waals surface area (Å²) < 4.78 is 0. The van der Waals surface area contributed by atoms with Gasteiger partial charge in [-0.05, 0) is 36.8 Å². The fourth-order valence-corrected chi connectivity index (χ4v) is 3.09. The standard InChI is InChI=1S/C21H18N2O/c1-15-11-13-16(14-12-15)20-22-19-10-6-5-9-18(19)21(24)23(20)17-7-3-2-4-8-17/h2-14,20,22H,1H3/t20-/m1/s1. The molecule has 118 valence electrons. The number of aryl methyl sites for hydroxylation is 1. The molecular weight excluding hydrogens is 296 g/mol. The number of para-hydroxylation sites is 2. The van der Waals surface area contributed by atoms with E-state index in [9.17, 15) is 4.79 Å². The van der Waals surface area contributed by atoms with Crippen molar-refractivity contribution in [3.63, 3.8) is 0 Å². The zero-order chi connectivity index (χ0) is 16.5. The Kier molecular flexibility index (Phi) is 3.54. The molecule has 1 atom stereocenters. The molecule has 0 saturated carbocycles. The molecule has 1 amide bonds. The van der Waals surface area contributed by atoms with E-state index in [-0.39, 0.29) is 12.1 Å². The fourth-order valence-electron chi connectivity index (χ4n) is 3.09. The quantitative estimate of drug-likeness (QED) is 0.739. The minimum absolute atomic E-state index is 0.0149. The first-order valence-electron chi connectivity index (χ1n) is 8.05. The fraction of sp³-hybridized carbons (Fsp3) is 0.0952. The lowest BCUT2D eigenvalue weighted by molar-refractivity contribution is 0.0975. The van der Waals surface area contributed by atoms with Crippen LogP contribution in [0.25, 0.3) is 0 Å². The molecule has 3 aromatic rings. The second-order valence-electron chi connectivity index (χ2n) is 6.01. The SMILES string of the molecule is Cc1ccc([C@@H]2Nc3ccccc3C(=O)N2c2ccccc2)cc1. The van der Waals surface area contributed by atoms with Gasteiger partial charge in [0, 0.05) is 11.4 Å². The van der Waals surface area contributed by atoms with Crippen molar-refractivity contribution in [1.29, 1.82) is 0 Å². The maximum absolute atomic E-state index is 13.2. The average molecular weight is 314 g/mol. The number of carbonyl (C=O) groups is 1. The van der Waals surface area contributed by atoms with E-state index in [0.717, 1.165) is 16.9 Å². The van der Waals surface area contributed by atoms with Gasteiger partial charge in [0.25, 0.3) is 5.91 Å². The molecule has 0 unspecified atom stereocenters. The molecule has 3 aromatic carbocycles. The number of benzene rings is 3. The summed E-state index contributed by atoms with van der Waals surface area (Å²) in [7, 11) is 0. The number of fused-ring (bicyclic) bond motifs is 1. The molecular formula is C21H18N2O. The predicted octanol–water partition coefficient (Wildman–Crippen LogP) is 4.77. The third kappa shape index (κ3) is 2.44. The van der Waals surface area contributed by atoms with Crippen molar-refractivity contribution in [2.75, 3.05) is 10.2 Å². The van der Waals surface area contributed by atoms with Crippen LogP contribution in [-0.4, -0.2) is 5.91 Å². The molecule has 1 N–H and O–H groups in total. The molecule has 24 heavy (non-hydrogen) atoms. The minimum Gasteiger partial charge on any atom is -0.360 e. The number of anilines is 2. The van der Waals surface area contributed by atoms with Gasteiger partial charge in [0.05, 0.1) is 5.56 Å². The zero-order valence-electron chi connectivity index (χ0n) is 13.4. The Morgan fingerprint density at radius 1 is 0.833 bits per heavy atom. The number of amides is 1. The number of hydrogen-bond acceptors (Lipinski definition) is 2. The Morgan fingerprint density at radius 2 is 1.50 bits per heavy atom. The molecule has 4 rings (SSSR count). The van der Waals surface area contributed by atoms with Crippen molar-refractivity contribution in [2.45, 2.75) is 13.1 Å². The van der Waals surface area contributed by atoms with Crippen LogP contribution in [0.1, 0.15) is 27.7 Å². The summed E-state index contributed by atoms with van der Waals surface area (Å²) in [6.45, 7) is 2.06. The van der Waals surface area contributed by atoms with E-state index >= 15 is 0 Å². The first kappa shape index (κ1) is 14.5. The van der Waals surface area contributed by atoms with Crippen LogP contribution in [0, 0.1) is 6.92 Å². The smallest absolute Gasteiger partial charge is 0.262 e. The third-order valence-corrected chi connectivity index (χ3v) is 4.35. The zero-order valence-corrected chi connectivity index (χ0v) is 13.4. The van der Waals surface area contributed by atoms with E-state index in [4.69, 9.17) is 0 Å². The normalized spacial score (nSPS) is 16.5. The summed E-state index contributed by atoms with van der Waals surface area (Å²) >= 11 is 0. The van der Waals surface area contributed by atoms with Gasteiger partial charge in [-0.25, -0.2) is 0 Å². The van der Waals surface area contributed by atoms with E-state index in [1.165, 1.54) is 5.56 Å². The number of nitrogens with one attached hydrogen (secondary N) is 1. The van der Waals surface area contributed by atoms with Crippen LogP contribution in [0.4, 0.5) is 11.4 Å². The summed E-state index contributed by atoms with van der Waals surface area (Å²) in [5.74, 6) is 0.0149. The molecule has 0 spiro atoms. The van der Waals surface area contributed by atoms with Crippen molar-refractivity contribution >= 4 is 17.3 Å². The van der Waals surface area contributed by atoms with Crippen molar-refractivity contribution in [3.8, 4) is 0 Å². The molecule has 1 aliphatic heterocycles. The Hall–Kier alpha value is -3.07. The monoisotopic (exact) mass is 314 g/mol. The molecule has 0 radical (unpaired) electrons. The van der Waals surface area contributed by atoms with Gasteiger partial charge in [-0.1, -0.05) is 60.2 Å². The Balaban J connectivity index is 1.86. The van der Waals surface area contributed by atoms with Gasteiger partial charge in [0.15, 0.2) is 0 Å². The number of hydrogen-bond donors (Lipinski definition) is 1. The topological polar surface area (TPSA) is 32.3 Å². The molecule has 3 heteroatoms. The third-order valence-electron chi connectivity index (χ3n) is 4.35. The molecule has 3 nitrogen and oxygen atoms in total. The van der Waals surface area contributed by atoms with Gasteiger partial charge in [0.1, 0.15) is 6.17 Å². The molecule has 1 heterocycles. The predicted molar refractivity (Wildman–Crippen MR) is 97.2 cm³/mol. The molecule has 0 fully saturated rings. The number of rotatable bonds is 2. The van der Waals surface area contributed by atoms with Gasteiger partial charge in [-0.2, -0.15) is 0 Å². The van der Waals surface area contributed by atoms with Crippen LogP contribution >= 0.6 is 0 Å². The van der Waals surface area contributed by atoms with Crippen molar-refractivity contribution in [2.24, 2.45) is 0 Å². The van der Waals surface area contributed by atoms with E-state index in [2.05, 4.69) is 36.5 Å². The molecule has 0 aliphatic carbocycles. The van der Waals surface area contributed by atoms with E-state index in [1.807, 2.05) is 59.5 Å². The maximum Gasteiger partial charge on any atom is 0.262 e. The van der Waals surface area contributed by atoms with E-state index in [1.54, 1.807) is 0 Å². The average Bonchev–Trinajstić information content (AvgIpc) is 2.63. The van der Waals surface area contributed by atoms with E-state index in [0.29, 0.717) is 5.56 Å². The summed E-state index contributed by atoms with van der Waals surface area (Å²) in [5, 5.41) is 3.52. The van der Waals surface area contributed by atoms with Crippen LogP contribution in [0.3, 0.4) is 0 Å². The van der Waals surface area contributed by atoms with Crippen LogP contribution < -0.4 is 10.2 Å². The summed E-state index contributed by atoms with van der Waals surface area (Å²) in [6.07, 6.45) is -0.226. The Bertz CT molecular complexity index is 872. The number of nitrogens with zero attached hydrogens (tertiary/aromatic N) is 1.